The van der Waals surface area contributed by atoms with Gasteiger partial charge in [0.05, 0.1) is 6.42 Å². The summed E-state index contributed by atoms with van der Waals surface area (Å²) in [5, 5.41) is 10.3. The Morgan fingerprint density at radius 2 is 1.81 bits per heavy atom. The normalized spacial score (nSPS) is 18.0. The van der Waals surface area contributed by atoms with Gasteiger partial charge in [-0.1, -0.05) is 6.08 Å². The van der Waals surface area contributed by atoms with Crippen molar-refractivity contribution in [3.05, 3.63) is 59.8 Å². The summed E-state index contributed by atoms with van der Waals surface area (Å²) in [6.07, 6.45) is -1.94. The first-order chi connectivity index (χ1) is 20.5. The van der Waals surface area contributed by atoms with Crippen molar-refractivity contribution in [2.24, 2.45) is 0 Å². The highest BCUT2D eigenvalue weighted by Crippen LogP contribution is 2.28. The number of fused-ring (bicyclic) bond motifs is 1. The van der Waals surface area contributed by atoms with Gasteiger partial charge in [0.2, 0.25) is 17.8 Å². The van der Waals surface area contributed by atoms with Crippen LogP contribution in [0.15, 0.2) is 48.7 Å². The maximum atomic E-state index is 13.1. The molecule has 2 aliphatic rings. The molecule has 228 valence electrons. The van der Waals surface area contributed by atoms with Gasteiger partial charge in [0.15, 0.2) is 5.65 Å². The van der Waals surface area contributed by atoms with E-state index in [-0.39, 0.29) is 18.4 Å². The highest BCUT2D eigenvalue weighted by atomic mass is 19.4. The lowest BCUT2D eigenvalue weighted by Crippen LogP contribution is -2.58. The summed E-state index contributed by atoms with van der Waals surface area (Å²) in [5.74, 6) is -0.437. The second-order valence-electron chi connectivity index (χ2n) is 10.6. The van der Waals surface area contributed by atoms with E-state index in [1.54, 1.807) is 46.9 Å². The molecule has 2 aromatic heterocycles. The molecule has 1 unspecified atom stereocenters. The molecular formula is C29H33F3N8O3. The third kappa shape index (κ3) is 6.96. The first kappa shape index (κ1) is 30.0. The highest BCUT2D eigenvalue weighted by Gasteiger charge is 2.32. The zero-order valence-corrected chi connectivity index (χ0v) is 23.9. The van der Waals surface area contributed by atoms with E-state index < -0.39 is 31.0 Å². The van der Waals surface area contributed by atoms with E-state index in [0.29, 0.717) is 55.4 Å². The number of carbonyl (C=O) groups excluding carboxylic acids is 3. The Bertz CT molecular complexity index is 1540. The Morgan fingerprint density at radius 1 is 1.05 bits per heavy atom. The van der Waals surface area contributed by atoms with E-state index >= 15 is 0 Å². The van der Waals surface area contributed by atoms with Gasteiger partial charge in [-0.25, -0.2) is 4.52 Å². The third-order valence-corrected chi connectivity index (χ3v) is 7.76. The second kappa shape index (κ2) is 12.4. The molecular weight excluding hydrogens is 565 g/mol. The number of hydrogen-bond acceptors (Lipinski definition) is 7. The molecule has 1 saturated heterocycles. The number of anilines is 2. The van der Waals surface area contributed by atoms with Crippen molar-refractivity contribution in [3.63, 3.8) is 0 Å². The lowest BCUT2D eigenvalue weighted by atomic mass is 10.00. The number of halogens is 3. The summed E-state index contributed by atoms with van der Waals surface area (Å²) in [7, 11) is 3.45. The van der Waals surface area contributed by atoms with Crippen LogP contribution in [0.25, 0.3) is 11.2 Å². The molecule has 4 heterocycles. The van der Waals surface area contributed by atoms with Crippen LogP contribution < -0.4 is 10.6 Å². The number of benzene rings is 1. The quantitative estimate of drug-likeness (QED) is 0.430. The number of aromatic nitrogens is 3. The number of nitrogens with one attached hydrogen (secondary N) is 2. The standard InChI is InChI=1S/C29H33F3N8O3/c1-33-26(42)23-18-39(17-16-37(23)2)27(43)20-5-7-21(8-6-20)34-28-35-25-22(4-3-13-40(25)36-28)19-10-14-38(15-11-19)24(41)9-12-29(30,31)32/h3-8,10,13,23H,9,11-12,14-18H2,1-2H3,(H,33,42)(H,34,36). The number of likely N-dealkylation sites (N-methyl/N-ethyl adjacent to an activating group) is 2. The number of carbonyl (C=O) groups is 3. The summed E-state index contributed by atoms with van der Waals surface area (Å²) < 4.78 is 39.1. The predicted molar refractivity (Wildman–Crippen MR) is 154 cm³/mol. The van der Waals surface area contributed by atoms with Crippen LogP contribution in [0.1, 0.15) is 35.2 Å². The van der Waals surface area contributed by atoms with Crippen molar-refractivity contribution in [3.8, 4) is 0 Å². The van der Waals surface area contributed by atoms with Gasteiger partial charge in [0.1, 0.15) is 6.04 Å². The van der Waals surface area contributed by atoms with E-state index in [9.17, 15) is 27.6 Å². The topological polar surface area (TPSA) is 115 Å². The Morgan fingerprint density at radius 3 is 2.49 bits per heavy atom. The van der Waals surface area contributed by atoms with Crippen LogP contribution in [0.3, 0.4) is 0 Å². The number of hydrogen-bond donors (Lipinski definition) is 2. The highest BCUT2D eigenvalue weighted by molar-refractivity contribution is 5.95. The lowest BCUT2D eigenvalue weighted by molar-refractivity contribution is -0.148. The summed E-state index contributed by atoms with van der Waals surface area (Å²) in [6, 6.07) is 10.3. The zero-order chi connectivity index (χ0) is 30.7. The van der Waals surface area contributed by atoms with Crippen molar-refractivity contribution in [1.29, 1.82) is 0 Å². The molecule has 2 aliphatic heterocycles. The minimum atomic E-state index is -4.36. The van der Waals surface area contributed by atoms with Crippen LogP contribution in [-0.2, 0) is 9.59 Å². The van der Waals surface area contributed by atoms with Crippen LogP contribution in [0, 0.1) is 0 Å². The number of pyridine rings is 1. The lowest BCUT2D eigenvalue weighted by Gasteiger charge is -2.38. The minimum absolute atomic E-state index is 0.126. The van der Waals surface area contributed by atoms with Crippen molar-refractivity contribution >= 4 is 40.6 Å². The van der Waals surface area contributed by atoms with Gasteiger partial charge >= 0.3 is 6.18 Å². The molecule has 3 amide bonds. The molecule has 3 aromatic rings. The molecule has 0 spiro atoms. The fraction of sp³-hybridized carbons (Fsp3) is 0.414. The van der Waals surface area contributed by atoms with Crippen molar-refractivity contribution in [2.75, 3.05) is 52.1 Å². The summed E-state index contributed by atoms with van der Waals surface area (Å²) in [4.78, 5) is 47.2. The number of amides is 3. The van der Waals surface area contributed by atoms with Gasteiger partial charge in [0.25, 0.3) is 5.91 Å². The summed E-state index contributed by atoms with van der Waals surface area (Å²) >= 11 is 0. The molecule has 2 N–H and O–H groups in total. The Labute approximate surface area is 246 Å². The Hall–Kier alpha value is -4.46. The van der Waals surface area contributed by atoms with Gasteiger partial charge in [-0.3, -0.25) is 19.3 Å². The first-order valence-corrected chi connectivity index (χ1v) is 14.0. The van der Waals surface area contributed by atoms with Crippen LogP contribution in [0.5, 0.6) is 0 Å². The van der Waals surface area contributed by atoms with E-state index in [1.807, 2.05) is 30.2 Å². The van der Waals surface area contributed by atoms with Crippen LogP contribution >= 0.6 is 0 Å². The largest absolute Gasteiger partial charge is 0.389 e. The van der Waals surface area contributed by atoms with Gasteiger partial charge < -0.3 is 20.4 Å². The van der Waals surface area contributed by atoms with E-state index in [4.69, 9.17) is 0 Å². The number of alkyl halides is 3. The maximum absolute atomic E-state index is 13.1. The SMILES string of the molecule is CNC(=O)C1CN(C(=O)c2ccc(Nc3nc4c(C5=CCN(C(=O)CCC(F)(F)F)CC5)cccn4n3)cc2)CCN1C. The molecule has 1 fully saturated rings. The molecule has 14 heteroatoms. The predicted octanol–water partition coefficient (Wildman–Crippen LogP) is 2.93. The van der Waals surface area contributed by atoms with Gasteiger partial charge in [-0.05, 0) is 55.4 Å². The van der Waals surface area contributed by atoms with Crippen molar-refractivity contribution in [1.82, 2.24) is 34.6 Å². The molecule has 5 rings (SSSR count). The van der Waals surface area contributed by atoms with E-state index in [0.717, 1.165) is 11.1 Å². The fourth-order valence-electron chi connectivity index (χ4n) is 5.27. The summed E-state index contributed by atoms with van der Waals surface area (Å²) in [6.45, 7) is 2.00. The molecule has 11 nitrogen and oxygen atoms in total. The van der Waals surface area contributed by atoms with Crippen LogP contribution in [0.2, 0.25) is 0 Å². The Balaban J connectivity index is 1.24. The fourth-order valence-corrected chi connectivity index (χ4v) is 5.27. The average molecular weight is 599 g/mol. The molecule has 0 radical (unpaired) electrons. The second-order valence-corrected chi connectivity index (χ2v) is 10.6. The zero-order valence-electron chi connectivity index (χ0n) is 23.9. The number of nitrogens with zero attached hydrogens (tertiary/aromatic N) is 6. The molecule has 0 saturated carbocycles. The molecule has 0 bridgehead atoms. The van der Waals surface area contributed by atoms with Crippen LogP contribution in [-0.4, -0.2) is 106 Å². The van der Waals surface area contributed by atoms with E-state index in [1.165, 1.54) is 4.90 Å². The molecule has 1 aromatic carbocycles. The van der Waals surface area contributed by atoms with Gasteiger partial charge in [0, 0.05) is 69.2 Å². The number of piperazine rings is 1. The molecule has 1 atom stereocenters. The third-order valence-electron chi connectivity index (χ3n) is 7.76. The summed E-state index contributed by atoms with van der Waals surface area (Å²) in [5.41, 5.74) is 3.55. The monoisotopic (exact) mass is 598 g/mol. The Kier molecular flexibility index (Phi) is 8.67. The van der Waals surface area contributed by atoms with Gasteiger partial charge in [-0.2, -0.15) is 18.2 Å². The number of rotatable bonds is 7. The van der Waals surface area contributed by atoms with E-state index in [2.05, 4.69) is 20.7 Å². The van der Waals surface area contributed by atoms with Crippen molar-refractivity contribution < 1.29 is 27.6 Å². The first-order valence-electron chi connectivity index (χ1n) is 14.0. The maximum Gasteiger partial charge on any atom is 0.389 e. The van der Waals surface area contributed by atoms with Crippen LogP contribution in [0.4, 0.5) is 24.8 Å². The average Bonchev–Trinajstić information content (AvgIpc) is 3.42. The smallest absolute Gasteiger partial charge is 0.358 e. The molecule has 0 aliphatic carbocycles. The minimum Gasteiger partial charge on any atom is -0.358 e. The van der Waals surface area contributed by atoms with Crippen molar-refractivity contribution in [2.45, 2.75) is 31.5 Å². The molecule has 43 heavy (non-hydrogen) atoms. The van der Waals surface area contributed by atoms with Gasteiger partial charge in [-0.15, -0.1) is 5.10 Å².